The van der Waals surface area contributed by atoms with Gasteiger partial charge in [-0.25, -0.2) is 0 Å². The highest BCUT2D eigenvalue weighted by molar-refractivity contribution is 5.66. The summed E-state index contributed by atoms with van der Waals surface area (Å²) in [7, 11) is 0. The van der Waals surface area contributed by atoms with Gasteiger partial charge in [-0.3, -0.25) is 4.79 Å². The van der Waals surface area contributed by atoms with Crippen LogP contribution in [0.25, 0.3) is 0 Å². The Bertz CT molecular complexity index is 106. The first kappa shape index (κ1) is 10.8. The number of carbonyl (C=O) groups is 1. The molecular formula is C5H10N2O2. The van der Waals surface area contributed by atoms with E-state index in [0.29, 0.717) is 0 Å². The fourth-order valence-electron chi connectivity index (χ4n) is 0. The van der Waals surface area contributed by atoms with Crippen LogP contribution < -0.4 is 5.73 Å². The van der Waals surface area contributed by atoms with Crippen molar-refractivity contribution in [2.45, 2.75) is 13.3 Å². The monoisotopic (exact) mass is 130 g/mol. The van der Waals surface area contributed by atoms with Crippen molar-refractivity contribution in [2.24, 2.45) is 5.73 Å². The second-order valence-electron chi connectivity index (χ2n) is 1.11. The van der Waals surface area contributed by atoms with E-state index in [4.69, 9.17) is 10.4 Å². The Balaban J connectivity index is 0. The molecule has 9 heavy (non-hydrogen) atoms. The number of hydrogen-bond donors (Lipinski definition) is 2. The topological polar surface area (TPSA) is 87.1 Å². The number of rotatable bonds is 1. The van der Waals surface area contributed by atoms with Crippen molar-refractivity contribution in [3.8, 4) is 6.07 Å². The quantitative estimate of drug-likeness (QED) is 0.487. The van der Waals surface area contributed by atoms with Crippen molar-refractivity contribution in [1.29, 1.82) is 5.26 Å². The second-order valence-corrected chi connectivity index (χ2v) is 1.11. The summed E-state index contributed by atoms with van der Waals surface area (Å²) in [5.74, 6) is -0.745. The number of carboxylic acids is 1. The number of nitriles is 1. The number of hydrogen-bond acceptors (Lipinski definition) is 3. The maximum atomic E-state index is 9.37. The second kappa shape index (κ2) is 10.0. The maximum absolute atomic E-state index is 9.37. The molecule has 0 saturated carbocycles. The van der Waals surface area contributed by atoms with Crippen LogP contribution in [0.3, 0.4) is 0 Å². The van der Waals surface area contributed by atoms with Crippen LogP contribution in [0.2, 0.25) is 0 Å². The van der Waals surface area contributed by atoms with E-state index in [1.54, 1.807) is 13.0 Å². The number of carboxylic acid groups (broad SMARTS) is 1. The van der Waals surface area contributed by atoms with Crippen molar-refractivity contribution in [2.75, 3.05) is 6.54 Å². The molecular weight excluding hydrogens is 120 g/mol. The van der Waals surface area contributed by atoms with Gasteiger partial charge in [0.25, 0.3) is 0 Å². The molecule has 0 aliphatic carbocycles. The van der Waals surface area contributed by atoms with Crippen LogP contribution in [0.4, 0.5) is 0 Å². The van der Waals surface area contributed by atoms with Crippen LogP contribution in [0.5, 0.6) is 0 Å². The summed E-state index contributed by atoms with van der Waals surface area (Å²) in [5, 5.41) is 15.2. The van der Waals surface area contributed by atoms with Gasteiger partial charge in [0.15, 0.2) is 0 Å². The van der Waals surface area contributed by atoms with Crippen LogP contribution in [-0.4, -0.2) is 17.6 Å². The van der Waals surface area contributed by atoms with Gasteiger partial charge in [0.05, 0.1) is 12.6 Å². The van der Waals surface area contributed by atoms with E-state index in [9.17, 15) is 4.79 Å². The Morgan fingerprint density at radius 1 is 1.89 bits per heavy atom. The average Bonchev–Trinajstić information content (AvgIpc) is 1.89. The smallest absolute Gasteiger partial charge is 0.303 e. The Hall–Kier alpha value is -1.08. The normalized spacial score (nSPS) is 6.33. The van der Waals surface area contributed by atoms with Crippen LogP contribution >= 0.6 is 0 Å². The van der Waals surface area contributed by atoms with Crippen LogP contribution in [0.15, 0.2) is 0 Å². The molecule has 0 aromatic carbocycles. The van der Waals surface area contributed by atoms with E-state index in [1.807, 2.05) is 0 Å². The highest BCUT2D eigenvalue weighted by atomic mass is 16.4. The maximum Gasteiger partial charge on any atom is 0.303 e. The van der Waals surface area contributed by atoms with E-state index >= 15 is 0 Å². The minimum atomic E-state index is -0.745. The standard InChI is InChI=1S/C3H6O2.C2H4N2/c1-2-3(4)5;3-1-2-4/h2H2,1H3,(H,4,5);1,3H2. The fourth-order valence-corrected chi connectivity index (χ4v) is 0. The third-order valence-corrected chi connectivity index (χ3v) is 0.394. The van der Waals surface area contributed by atoms with Crippen molar-refractivity contribution in [3.05, 3.63) is 0 Å². The van der Waals surface area contributed by atoms with E-state index in [2.05, 4.69) is 5.73 Å². The Labute approximate surface area is 53.9 Å². The van der Waals surface area contributed by atoms with Gasteiger partial charge in [0.2, 0.25) is 0 Å². The molecule has 0 bridgehead atoms. The van der Waals surface area contributed by atoms with E-state index in [-0.39, 0.29) is 13.0 Å². The molecule has 52 valence electrons. The first-order valence-electron chi connectivity index (χ1n) is 2.47. The lowest BCUT2D eigenvalue weighted by atomic mass is 10.5. The number of nitrogens with two attached hydrogens (primary N) is 1. The minimum absolute atomic E-state index is 0.125. The molecule has 0 aromatic rings. The first-order chi connectivity index (χ1) is 4.18. The summed E-state index contributed by atoms with van der Waals surface area (Å²) >= 11 is 0. The Morgan fingerprint density at radius 2 is 2.11 bits per heavy atom. The molecule has 0 radical (unpaired) electrons. The van der Waals surface area contributed by atoms with Gasteiger partial charge in [0.1, 0.15) is 0 Å². The fraction of sp³-hybridized carbons (Fsp3) is 0.600. The van der Waals surface area contributed by atoms with Crippen LogP contribution in [-0.2, 0) is 4.79 Å². The Morgan fingerprint density at radius 3 is 2.11 bits per heavy atom. The van der Waals surface area contributed by atoms with Gasteiger partial charge in [-0.1, -0.05) is 6.92 Å². The highest BCUT2D eigenvalue weighted by Gasteiger charge is 1.80. The minimum Gasteiger partial charge on any atom is -0.481 e. The van der Waals surface area contributed by atoms with Gasteiger partial charge in [-0.05, 0) is 0 Å². The van der Waals surface area contributed by atoms with Gasteiger partial charge in [0, 0.05) is 6.42 Å². The molecule has 0 rings (SSSR count). The van der Waals surface area contributed by atoms with Crippen molar-refractivity contribution >= 4 is 5.97 Å². The zero-order valence-electron chi connectivity index (χ0n) is 5.29. The number of aliphatic carboxylic acids is 1. The van der Waals surface area contributed by atoms with Gasteiger partial charge in [-0.15, -0.1) is 0 Å². The predicted octanol–water partition coefficient (Wildman–Crippen LogP) is -0.0503. The zero-order chi connectivity index (χ0) is 7.70. The van der Waals surface area contributed by atoms with Crippen LogP contribution in [0.1, 0.15) is 13.3 Å². The average molecular weight is 130 g/mol. The molecule has 0 heterocycles. The van der Waals surface area contributed by atoms with Crippen molar-refractivity contribution < 1.29 is 9.90 Å². The molecule has 4 nitrogen and oxygen atoms in total. The predicted molar refractivity (Wildman–Crippen MR) is 32.6 cm³/mol. The molecule has 3 N–H and O–H groups in total. The Kier molecular flexibility index (Phi) is 12.0. The molecule has 0 spiro atoms. The molecule has 0 aromatic heterocycles. The van der Waals surface area contributed by atoms with Gasteiger partial charge >= 0.3 is 5.97 Å². The molecule has 0 fully saturated rings. The molecule has 0 saturated heterocycles. The third kappa shape index (κ3) is 45.4. The van der Waals surface area contributed by atoms with Gasteiger partial charge in [-0.2, -0.15) is 5.26 Å². The van der Waals surface area contributed by atoms with E-state index in [0.717, 1.165) is 0 Å². The SMILES string of the molecule is CCC(=O)O.N#CCN. The lowest BCUT2D eigenvalue weighted by Gasteiger charge is -1.71. The zero-order valence-corrected chi connectivity index (χ0v) is 5.29. The molecule has 0 aliphatic heterocycles. The molecule has 0 amide bonds. The van der Waals surface area contributed by atoms with E-state index < -0.39 is 5.97 Å². The summed E-state index contributed by atoms with van der Waals surface area (Å²) in [6.45, 7) is 1.72. The van der Waals surface area contributed by atoms with Crippen molar-refractivity contribution in [1.82, 2.24) is 0 Å². The lowest BCUT2D eigenvalue weighted by molar-refractivity contribution is -0.136. The number of nitrogens with zero attached hydrogens (tertiary/aromatic N) is 1. The first-order valence-corrected chi connectivity index (χ1v) is 2.47. The lowest BCUT2D eigenvalue weighted by Crippen LogP contribution is -1.91. The summed E-state index contributed by atoms with van der Waals surface area (Å²) in [6, 6.07) is 1.71. The van der Waals surface area contributed by atoms with Crippen LogP contribution in [0, 0.1) is 11.3 Å². The molecule has 0 atom stereocenters. The van der Waals surface area contributed by atoms with Gasteiger partial charge < -0.3 is 10.8 Å². The molecule has 4 heteroatoms. The third-order valence-electron chi connectivity index (χ3n) is 0.394. The van der Waals surface area contributed by atoms with Crippen molar-refractivity contribution in [3.63, 3.8) is 0 Å². The molecule has 0 aliphatic rings. The highest BCUT2D eigenvalue weighted by Crippen LogP contribution is 1.67. The summed E-state index contributed by atoms with van der Waals surface area (Å²) in [4.78, 5) is 9.37. The summed E-state index contributed by atoms with van der Waals surface area (Å²) < 4.78 is 0. The summed E-state index contributed by atoms with van der Waals surface area (Å²) in [5.41, 5.74) is 4.67. The van der Waals surface area contributed by atoms with E-state index in [1.165, 1.54) is 0 Å². The summed E-state index contributed by atoms with van der Waals surface area (Å²) in [6.07, 6.45) is 0.222. The largest absolute Gasteiger partial charge is 0.481 e. The molecule has 0 unspecified atom stereocenters.